The minimum absolute atomic E-state index is 0.0334. The van der Waals surface area contributed by atoms with Crippen LogP contribution in [-0.2, 0) is 11.0 Å². The zero-order chi connectivity index (χ0) is 16.5. The first-order valence-electron chi connectivity index (χ1n) is 6.57. The van der Waals surface area contributed by atoms with Crippen LogP contribution in [0.5, 0.6) is 0 Å². The average Bonchev–Trinajstić information content (AvgIpc) is 2.35. The second kappa shape index (κ2) is 5.90. The standard InChI is InChI=1S/C15H13F4NO2/c1-8-2-12(7-13(21)3-8)20-14(22)9-4-10(15(17,18)19)6-11(16)5-9/h4-8H,2-3H2,1H3,(H,20,22). The zero-order valence-corrected chi connectivity index (χ0v) is 11.6. The Morgan fingerprint density at radius 1 is 1.23 bits per heavy atom. The number of ketones is 1. The van der Waals surface area contributed by atoms with Crippen molar-refractivity contribution >= 4 is 11.7 Å². The van der Waals surface area contributed by atoms with Gasteiger partial charge in [0.1, 0.15) is 5.82 Å². The molecule has 0 radical (unpaired) electrons. The molecule has 0 fully saturated rings. The normalized spacial score (nSPS) is 18.9. The number of carbonyl (C=O) groups excluding carboxylic acids is 2. The van der Waals surface area contributed by atoms with Gasteiger partial charge in [0.05, 0.1) is 5.56 Å². The molecule has 7 heteroatoms. The molecule has 1 aliphatic carbocycles. The van der Waals surface area contributed by atoms with Gasteiger partial charge in [-0.25, -0.2) is 4.39 Å². The van der Waals surface area contributed by atoms with E-state index in [0.717, 1.165) is 6.07 Å². The third kappa shape index (κ3) is 3.93. The fourth-order valence-corrected chi connectivity index (χ4v) is 2.29. The van der Waals surface area contributed by atoms with Crippen molar-refractivity contribution in [3.05, 3.63) is 46.9 Å². The summed E-state index contributed by atoms with van der Waals surface area (Å²) in [6.45, 7) is 1.82. The predicted octanol–water partition coefficient (Wildman–Crippen LogP) is 3.46. The lowest BCUT2D eigenvalue weighted by molar-refractivity contribution is -0.137. The molecule has 0 aliphatic heterocycles. The van der Waals surface area contributed by atoms with Crippen molar-refractivity contribution in [1.82, 2.24) is 5.32 Å². The van der Waals surface area contributed by atoms with Crippen molar-refractivity contribution < 1.29 is 27.2 Å². The Bertz CT molecular complexity index is 649. The molecule has 2 rings (SSSR count). The maximum atomic E-state index is 13.3. The average molecular weight is 315 g/mol. The Hall–Kier alpha value is -2.18. The third-order valence-electron chi connectivity index (χ3n) is 3.21. The summed E-state index contributed by atoms with van der Waals surface area (Å²) >= 11 is 0. The van der Waals surface area contributed by atoms with Crippen LogP contribution < -0.4 is 5.32 Å². The molecule has 0 saturated carbocycles. The molecule has 0 bridgehead atoms. The van der Waals surface area contributed by atoms with Crippen LogP contribution >= 0.6 is 0 Å². The highest BCUT2D eigenvalue weighted by atomic mass is 19.4. The maximum absolute atomic E-state index is 13.3. The molecule has 0 saturated heterocycles. The molecule has 118 valence electrons. The van der Waals surface area contributed by atoms with E-state index in [1.54, 1.807) is 0 Å². The van der Waals surface area contributed by atoms with Gasteiger partial charge >= 0.3 is 6.18 Å². The Labute approximate surface area is 124 Å². The van der Waals surface area contributed by atoms with Crippen molar-refractivity contribution in [2.75, 3.05) is 0 Å². The number of alkyl halides is 3. The Balaban J connectivity index is 2.23. The minimum atomic E-state index is -4.74. The molecule has 0 heterocycles. The lowest BCUT2D eigenvalue weighted by Gasteiger charge is -2.19. The fourth-order valence-electron chi connectivity index (χ4n) is 2.29. The summed E-state index contributed by atoms with van der Waals surface area (Å²) < 4.78 is 51.1. The number of hydrogen-bond acceptors (Lipinski definition) is 2. The molecular formula is C15H13F4NO2. The minimum Gasteiger partial charge on any atom is -0.326 e. The first-order chi connectivity index (χ1) is 10.1. The van der Waals surface area contributed by atoms with E-state index in [-0.39, 0.29) is 11.7 Å². The highest BCUT2D eigenvalue weighted by Gasteiger charge is 2.32. The van der Waals surface area contributed by atoms with Gasteiger partial charge in [-0.3, -0.25) is 9.59 Å². The smallest absolute Gasteiger partial charge is 0.326 e. The molecule has 1 aromatic rings. The summed E-state index contributed by atoms with van der Waals surface area (Å²) in [5, 5.41) is 2.37. The van der Waals surface area contributed by atoms with Gasteiger partial charge in [0, 0.05) is 23.8 Å². The van der Waals surface area contributed by atoms with Crippen LogP contribution in [0.25, 0.3) is 0 Å². The van der Waals surface area contributed by atoms with Crippen LogP contribution in [-0.4, -0.2) is 11.7 Å². The third-order valence-corrected chi connectivity index (χ3v) is 3.21. The van der Waals surface area contributed by atoms with Crippen molar-refractivity contribution in [3.8, 4) is 0 Å². The summed E-state index contributed by atoms with van der Waals surface area (Å²) in [5.41, 5.74) is -1.36. The van der Waals surface area contributed by atoms with Gasteiger partial charge in [-0.1, -0.05) is 6.92 Å². The van der Waals surface area contributed by atoms with Gasteiger partial charge in [-0.05, 0) is 30.5 Å². The fraction of sp³-hybridized carbons (Fsp3) is 0.333. The number of hydrogen-bond donors (Lipinski definition) is 1. The van der Waals surface area contributed by atoms with Gasteiger partial charge in [0.2, 0.25) is 0 Å². The van der Waals surface area contributed by atoms with Crippen LogP contribution in [0.15, 0.2) is 30.0 Å². The molecule has 22 heavy (non-hydrogen) atoms. The summed E-state index contributed by atoms with van der Waals surface area (Å²) in [4.78, 5) is 23.4. The van der Waals surface area contributed by atoms with Gasteiger partial charge in [-0.2, -0.15) is 13.2 Å². The van der Waals surface area contributed by atoms with E-state index in [9.17, 15) is 27.2 Å². The van der Waals surface area contributed by atoms with E-state index in [4.69, 9.17) is 0 Å². The molecule has 1 N–H and O–H groups in total. The van der Waals surface area contributed by atoms with Crippen molar-refractivity contribution in [1.29, 1.82) is 0 Å². The summed E-state index contributed by atoms with van der Waals surface area (Å²) in [7, 11) is 0. The highest BCUT2D eigenvalue weighted by Crippen LogP contribution is 2.30. The molecule has 1 aliphatic rings. The van der Waals surface area contributed by atoms with Crippen LogP contribution in [0.2, 0.25) is 0 Å². The van der Waals surface area contributed by atoms with Crippen LogP contribution in [0.3, 0.4) is 0 Å². The Morgan fingerprint density at radius 3 is 2.50 bits per heavy atom. The molecule has 1 amide bonds. The van der Waals surface area contributed by atoms with E-state index >= 15 is 0 Å². The SMILES string of the molecule is CC1CC(=O)C=C(NC(=O)c2cc(F)cc(C(F)(F)F)c2)C1. The predicted molar refractivity (Wildman–Crippen MR) is 70.4 cm³/mol. The summed E-state index contributed by atoms with van der Waals surface area (Å²) in [6.07, 6.45) is -2.70. The van der Waals surface area contributed by atoms with E-state index in [0.29, 0.717) is 30.7 Å². The highest BCUT2D eigenvalue weighted by molar-refractivity contribution is 5.97. The van der Waals surface area contributed by atoms with E-state index in [1.165, 1.54) is 6.08 Å². The second-order valence-electron chi connectivity index (χ2n) is 5.33. The van der Waals surface area contributed by atoms with E-state index < -0.39 is 29.0 Å². The first kappa shape index (κ1) is 16.2. The van der Waals surface area contributed by atoms with E-state index in [2.05, 4.69) is 5.32 Å². The van der Waals surface area contributed by atoms with Gasteiger partial charge in [-0.15, -0.1) is 0 Å². The number of carbonyl (C=O) groups is 2. The van der Waals surface area contributed by atoms with Crippen molar-refractivity contribution in [2.45, 2.75) is 25.9 Å². The summed E-state index contributed by atoms with van der Waals surface area (Å²) in [5.74, 6) is -2.16. The van der Waals surface area contributed by atoms with Crippen molar-refractivity contribution in [2.24, 2.45) is 5.92 Å². The summed E-state index contributed by atoms with van der Waals surface area (Å²) in [6, 6.07) is 1.62. The Kier molecular flexibility index (Phi) is 4.35. The van der Waals surface area contributed by atoms with Crippen LogP contribution in [0.4, 0.5) is 17.6 Å². The number of benzene rings is 1. The van der Waals surface area contributed by atoms with Crippen LogP contribution in [0.1, 0.15) is 35.7 Å². The van der Waals surface area contributed by atoms with Gasteiger partial charge < -0.3 is 5.32 Å². The second-order valence-corrected chi connectivity index (χ2v) is 5.33. The largest absolute Gasteiger partial charge is 0.416 e. The molecule has 3 nitrogen and oxygen atoms in total. The molecule has 1 atom stereocenters. The molecule has 0 aromatic heterocycles. The number of amides is 1. The van der Waals surface area contributed by atoms with E-state index in [1.807, 2.05) is 6.92 Å². The molecule has 1 unspecified atom stereocenters. The lowest BCUT2D eigenvalue weighted by atomic mass is 9.93. The Morgan fingerprint density at radius 2 is 1.91 bits per heavy atom. The number of allylic oxidation sites excluding steroid dienone is 2. The van der Waals surface area contributed by atoms with Crippen LogP contribution in [0, 0.1) is 11.7 Å². The zero-order valence-electron chi connectivity index (χ0n) is 11.6. The molecule has 0 spiro atoms. The quantitative estimate of drug-likeness (QED) is 0.850. The maximum Gasteiger partial charge on any atom is 0.416 e. The topological polar surface area (TPSA) is 46.2 Å². The number of halogens is 4. The lowest BCUT2D eigenvalue weighted by Crippen LogP contribution is -2.27. The monoisotopic (exact) mass is 315 g/mol. The number of nitrogens with one attached hydrogen (secondary N) is 1. The van der Waals surface area contributed by atoms with Gasteiger partial charge in [0.25, 0.3) is 5.91 Å². The van der Waals surface area contributed by atoms with Crippen molar-refractivity contribution in [3.63, 3.8) is 0 Å². The van der Waals surface area contributed by atoms with Gasteiger partial charge in [0.15, 0.2) is 5.78 Å². The number of rotatable bonds is 2. The molecule has 1 aromatic carbocycles. The molecular weight excluding hydrogens is 302 g/mol. The first-order valence-corrected chi connectivity index (χ1v) is 6.57.